The Kier molecular flexibility index (Phi) is 4.76. The van der Waals surface area contributed by atoms with Crippen molar-refractivity contribution in [3.63, 3.8) is 0 Å². The number of carbonyl (C=O) groups is 1. The van der Waals surface area contributed by atoms with Gasteiger partial charge in [-0.05, 0) is 12.5 Å². The second kappa shape index (κ2) is 6.55. The minimum absolute atomic E-state index is 0.0592. The van der Waals surface area contributed by atoms with Crippen molar-refractivity contribution in [2.75, 3.05) is 6.54 Å². The molecule has 1 aromatic heterocycles. The van der Waals surface area contributed by atoms with Gasteiger partial charge in [0.15, 0.2) is 0 Å². The molecule has 1 heterocycles. The molecule has 0 saturated heterocycles. The molecule has 1 aromatic carbocycles. The third-order valence-corrected chi connectivity index (χ3v) is 4.00. The molecule has 0 aliphatic carbocycles. The van der Waals surface area contributed by atoms with Crippen molar-refractivity contribution >= 4 is 27.3 Å². The van der Waals surface area contributed by atoms with Crippen molar-refractivity contribution in [1.29, 1.82) is 0 Å². The quantitative estimate of drug-likeness (QED) is 0.775. The third-order valence-electron chi connectivity index (χ3n) is 3.04. The maximum atomic E-state index is 12.0. The molecule has 1 N–H and O–H groups in total. The molecule has 1 amide bonds. The topological polar surface area (TPSA) is 29.1 Å². The van der Waals surface area contributed by atoms with Crippen LogP contribution >= 0.6 is 11.3 Å². The van der Waals surface area contributed by atoms with Gasteiger partial charge in [-0.3, -0.25) is 4.79 Å². The lowest BCUT2D eigenvalue weighted by molar-refractivity contribution is 0.0955. The average molecular weight is 261 g/mol. The monoisotopic (exact) mass is 261 g/mol. The molecule has 3 heteroatoms. The van der Waals surface area contributed by atoms with Crippen LogP contribution in [0.25, 0.3) is 10.1 Å². The fraction of sp³-hybridized carbons (Fsp3) is 0.400. The maximum absolute atomic E-state index is 12.0. The highest BCUT2D eigenvalue weighted by Gasteiger charge is 2.10. The number of nitrogens with one attached hydrogen (secondary N) is 1. The van der Waals surface area contributed by atoms with Crippen LogP contribution in [0.3, 0.4) is 0 Å². The highest BCUT2D eigenvalue weighted by atomic mass is 32.1. The number of rotatable bonds is 6. The SMILES string of the molecule is CCCCCCNC(=O)c1csc2ccccc12. The van der Waals surface area contributed by atoms with Crippen LogP contribution in [0, 0.1) is 0 Å². The smallest absolute Gasteiger partial charge is 0.252 e. The lowest BCUT2D eigenvalue weighted by Gasteiger charge is -2.04. The van der Waals surface area contributed by atoms with Crippen LogP contribution in [0.4, 0.5) is 0 Å². The summed E-state index contributed by atoms with van der Waals surface area (Å²) in [6.07, 6.45) is 4.74. The van der Waals surface area contributed by atoms with E-state index in [1.54, 1.807) is 11.3 Å². The van der Waals surface area contributed by atoms with Gasteiger partial charge < -0.3 is 5.32 Å². The van der Waals surface area contributed by atoms with Gasteiger partial charge in [0.25, 0.3) is 5.91 Å². The largest absolute Gasteiger partial charge is 0.352 e. The van der Waals surface area contributed by atoms with Crippen molar-refractivity contribution in [3.05, 3.63) is 35.2 Å². The molecule has 0 saturated carbocycles. The van der Waals surface area contributed by atoms with E-state index in [1.807, 2.05) is 23.6 Å². The minimum atomic E-state index is 0.0592. The van der Waals surface area contributed by atoms with Crippen molar-refractivity contribution < 1.29 is 4.79 Å². The summed E-state index contributed by atoms with van der Waals surface area (Å²) < 4.78 is 1.17. The lowest BCUT2D eigenvalue weighted by Crippen LogP contribution is -2.24. The molecule has 0 spiro atoms. The number of carbonyl (C=O) groups excluding carboxylic acids is 1. The molecule has 2 aromatic rings. The van der Waals surface area contributed by atoms with Crippen molar-refractivity contribution in [1.82, 2.24) is 5.32 Å². The summed E-state index contributed by atoms with van der Waals surface area (Å²) in [5.74, 6) is 0.0592. The van der Waals surface area contributed by atoms with Gasteiger partial charge in [0.2, 0.25) is 0 Å². The number of hydrogen-bond acceptors (Lipinski definition) is 2. The number of amides is 1. The van der Waals surface area contributed by atoms with E-state index in [4.69, 9.17) is 0 Å². The van der Waals surface area contributed by atoms with Gasteiger partial charge in [-0.2, -0.15) is 0 Å². The minimum Gasteiger partial charge on any atom is -0.352 e. The van der Waals surface area contributed by atoms with Crippen LogP contribution < -0.4 is 5.32 Å². The van der Waals surface area contributed by atoms with E-state index >= 15 is 0 Å². The summed E-state index contributed by atoms with van der Waals surface area (Å²) in [4.78, 5) is 12.0. The van der Waals surface area contributed by atoms with E-state index in [0.717, 1.165) is 23.9 Å². The van der Waals surface area contributed by atoms with E-state index in [1.165, 1.54) is 24.0 Å². The highest BCUT2D eigenvalue weighted by Crippen LogP contribution is 2.25. The second-order valence-corrected chi connectivity index (χ2v) is 5.37. The number of benzene rings is 1. The van der Waals surface area contributed by atoms with E-state index in [2.05, 4.69) is 18.3 Å². The molecular weight excluding hydrogens is 242 g/mol. The van der Waals surface area contributed by atoms with Crippen LogP contribution in [0.1, 0.15) is 43.0 Å². The lowest BCUT2D eigenvalue weighted by atomic mass is 10.1. The number of fused-ring (bicyclic) bond motifs is 1. The predicted octanol–water partition coefficient (Wildman–Crippen LogP) is 4.21. The van der Waals surface area contributed by atoms with Crippen molar-refractivity contribution in [2.24, 2.45) is 0 Å². The Morgan fingerprint density at radius 2 is 2.06 bits per heavy atom. The van der Waals surface area contributed by atoms with Gasteiger partial charge in [0, 0.05) is 22.0 Å². The summed E-state index contributed by atoms with van der Waals surface area (Å²) in [7, 11) is 0. The predicted molar refractivity (Wildman–Crippen MR) is 78.3 cm³/mol. The van der Waals surface area contributed by atoms with Gasteiger partial charge in [-0.25, -0.2) is 0 Å². The molecular formula is C15H19NOS. The van der Waals surface area contributed by atoms with Gasteiger partial charge in [-0.1, -0.05) is 44.4 Å². The van der Waals surface area contributed by atoms with Gasteiger partial charge in [0.05, 0.1) is 5.56 Å². The Labute approximate surface area is 112 Å². The summed E-state index contributed by atoms with van der Waals surface area (Å²) in [5, 5.41) is 6.02. The zero-order valence-electron chi connectivity index (χ0n) is 10.7. The van der Waals surface area contributed by atoms with E-state index in [9.17, 15) is 4.79 Å². The molecule has 0 aliphatic rings. The van der Waals surface area contributed by atoms with Crippen LogP contribution in [-0.2, 0) is 0 Å². The van der Waals surface area contributed by atoms with Gasteiger partial charge in [-0.15, -0.1) is 11.3 Å². The average Bonchev–Trinajstić information content (AvgIpc) is 2.82. The molecule has 0 atom stereocenters. The molecule has 0 fully saturated rings. The molecule has 0 unspecified atom stereocenters. The summed E-state index contributed by atoms with van der Waals surface area (Å²) in [6, 6.07) is 8.05. The molecule has 0 aliphatic heterocycles. The second-order valence-electron chi connectivity index (χ2n) is 4.46. The van der Waals surface area contributed by atoms with Crippen LogP contribution in [0.2, 0.25) is 0 Å². The van der Waals surface area contributed by atoms with E-state index in [0.29, 0.717) is 0 Å². The third kappa shape index (κ3) is 3.10. The first-order valence-corrected chi connectivity index (χ1v) is 7.45. The number of thiophene rings is 1. The van der Waals surface area contributed by atoms with Crippen LogP contribution in [0.15, 0.2) is 29.6 Å². The summed E-state index contributed by atoms with van der Waals surface area (Å²) in [5.41, 5.74) is 0.811. The zero-order valence-corrected chi connectivity index (χ0v) is 11.6. The first kappa shape index (κ1) is 13.1. The fourth-order valence-corrected chi connectivity index (χ4v) is 2.94. The van der Waals surface area contributed by atoms with E-state index in [-0.39, 0.29) is 5.91 Å². The number of hydrogen-bond donors (Lipinski definition) is 1. The molecule has 0 bridgehead atoms. The summed E-state index contributed by atoms with van der Waals surface area (Å²) in [6.45, 7) is 2.97. The van der Waals surface area contributed by atoms with Gasteiger partial charge in [0.1, 0.15) is 0 Å². The zero-order chi connectivity index (χ0) is 12.8. The Hall–Kier alpha value is -1.35. The Morgan fingerprint density at radius 3 is 2.89 bits per heavy atom. The normalized spacial score (nSPS) is 10.7. The van der Waals surface area contributed by atoms with Crippen LogP contribution in [-0.4, -0.2) is 12.5 Å². The Bertz CT molecular complexity index is 518. The molecule has 18 heavy (non-hydrogen) atoms. The summed E-state index contributed by atoms with van der Waals surface area (Å²) >= 11 is 1.63. The molecule has 2 rings (SSSR count). The first-order valence-electron chi connectivity index (χ1n) is 6.57. The van der Waals surface area contributed by atoms with Gasteiger partial charge >= 0.3 is 0 Å². The molecule has 96 valence electrons. The molecule has 0 radical (unpaired) electrons. The fourth-order valence-electron chi connectivity index (χ4n) is 2.00. The Morgan fingerprint density at radius 1 is 1.22 bits per heavy atom. The highest BCUT2D eigenvalue weighted by molar-refractivity contribution is 7.17. The van der Waals surface area contributed by atoms with Crippen molar-refractivity contribution in [2.45, 2.75) is 32.6 Å². The standard InChI is InChI=1S/C15H19NOS/c1-2-3-4-7-10-16-15(17)13-11-18-14-9-6-5-8-12(13)14/h5-6,8-9,11H,2-4,7,10H2,1H3,(H,16,17). The first-order chi connectivity index (χ1) is 8.83. The van der Waals surface area contributed by atoms with Crippen LogP contribution in [0.5, 0.6) is 0 Å². The van der Waals surface area contributed by atoms with E-state index < -0.39 is 0 Å². The molecule has 2 nitrogen and oxygen atoms in total. The Balaban J connectivity index is 1.93. The van der Waals surface area contributed by atoms with Crippen molar-refractivity contribution in [3.8, 4) is 0 Å². The maximum Gasteiger partial charge on any atom is 0.252 e. The number of unbranched alkanes of at least 4 members (excludes halogenated alkanes) is 3.